The van der Waals surface area contributed by atoms with E-state index in [-0.39, 0.29) is 18.8 Å². The Labute approximate surface area is 149 Å². The van der Waals surface area contributed by atoms with Gasteiger partial charge in [0.25, 0.3) is 0 Å². The number of β-amino-alcohol motifs (C(OH)–C–C–N with tert-alkyl or cyclic N) is 1. The molecule has 0 spiro atoms. The van der Waals surface area contributed by atoms with Gasteiger partial charge in [-0.15, -0.1) is 0 Å². The van der Waals surface area contributed by atoms with Crippen LogP contribution in [0.3, 0.4) is 0 Å². The van der Waals surface area contributed by atoms with Crippen molar-refractivity contribution >= 4 is 31.8 Å². The molecule has 2 aromatic carbocycles. The molecule has 0 saturated carbocycles. The number of hydrogen-bond acceptors (Lipinski definition) is 3. The van der Waals surface area contributed by atoms with Crippen LogP contribution in [0.1, 0.15) is 6.42 Å². The zero-order valence-electron chi connectivity index (χ0n) is 13.9. The van der Waals surface area contributed by atoms with Crippen molar-refractivity contribution in [1.82, 2.24) is 8.87 Å². The smallest absolute Gasteiger partial charge is 0.214 e. The molecule has 0 radical (unpaired) electrons. The van der Waals surface area contributed by atoms with Crippen molar-refractivity contribution in [2.24, 2.45) is 0 Å². The Bertz CT molecular complexity index is 1090. The number of halogens is 2. The van der Waals surface area contributed by atoms with Crippen LogP contribution in [0.5, 0.6) is 0 Å². The van der Waals surface area contributed by atoms with Crippen molar-refractivity contribution in [3.8, 4) is 0 Å². The van der Waals surface area contributed by atoms with E-state index in [0.29, 0.717) is 34.8 Å². The third kappa shape index (κ3) is 2.87. The van der Waals surface area contributed by atoms with Crippen LogP contribution >= 0.6 is 0 Å². The second-order valence-corrected chi connectivity index (χ2v) is 8.68. The molecule has 0 aliphatic carbocycles. The standard InChI is InChI=1S/C18H18F2N2O3S/c19-12-5-6-14-17(9-12)22(16-4-1-3-15(20)18(14)16)11-13(23)10-21-7-2-8-26(21,24)25/h1,3-6,9,13,23H,2,7-8,10-11H2. The highest BCUT2D eigenvalue weighted by atomic mass is 32.2. The summed E-state index contributed by atoms with van der Waals surface area (Å²) in [5, 5.41) is 11.4. The third-order valence-electron chi connectivity index (χ3n) is 4.81. The van der Waals surface area contributed by atoms with E-state index < -0.39 is 27.8 Å². The van der Waals surface area contributed by atoms with E-state index in [1.807, 2.05) is 0 Å². The number of fused-ring (bicyclic) bond motifs is 3. The molecule has 5 nitrogen and oxygen atoms in total. The molecule has 1 saturated heterocycles. The zero-order chi connectivity index (χ0) is 18.5. The average molecular weight is 380 g/mol. The van der Waals surface area contributed by atoms with E-state index >= 15 is 0 Å². The third-order valence-corrected chi connectivity index (χ3v) is 6.74. The summed E-state index contributed by atoms with van der Waals surface area (Å²) in [6.45, 7) is 0.392. The van der Waals surface area contributed by atoms with E-state index in [2.05, 4.69) is 0 Å². The molecule has 0 bridgehead atoms. The summed E-state index contributed by atoms with van der Waals surface area (Å²) in [6, 6.07) is 8.68. The van der Waals surface area contributed by atoms with Gasteiger partial charge in [0.05, 0.1) is 29.4 Å². The molecule has 1 N–H and O–H groups in total. The number of sulfonamides is 1. The molecule has 2 heterocycles. The second-order valence-electron chi connectivity index (χ2n) is 6.59. The van der Waals surface area contributed by atoms with E-state index in [9.17, 15) is 22.3 Å². The van der Waals surface area contributed by atoms with E-state index in [1.54, 1.807) is 16.7 Å². The highest BCUT2D eigenvalue weighted by molar-refractivity contribution is 7.89. The summed E-state index contributed by atoms with van der Waals surface area (Å²) < 4.78 is 54.9. The molecular weight excluding hydrogens is 362 g/mol. The van der Waals surface area contributed by atoms with Crippen molar-refractivity contribution in [2.45, 2.75) is 19.1 Å². The van der Waals surface area contributed by atoms with Gasteiger partial charge in [0, 0.05) is 23.9 Å². The Morgan fingerprint density at radius 1 is 1.12 bits per heavy atom. The zero-order valence-corrected chi connectivity index (χ0v) is 14.7. The largest absolute Gasteiger partial charge is 0.390 e. The van der Waals surface area contributed by atoms with Gasteiger partial charge in [-0.2, -0.15) is 4.31 Å². The van der Waals surface area contributed by atoms with Crippen molar-refractivity contribution in [1.29, 1.82) is 0 Å². The van der Waals surface area contributed by atoms with Gasteiger partial charge in [0.15, 0.2) is 0 Å². The fourth-order valence-corrected chi connectivity index (χ4v) is 5.23. The predicted octanol–water partition coefficient (Wildman–Crippen LogP) is 2.47. The van der Waals surface area contributed by atoms with Gasteiger partial charge in [0.1, 0.15) is 11.6 Å². The molecule has 26 heavy (non-hydrogen) atoms. The molecular formula is C18H18F2N2O3S. The van der Waals surface area contributed by atoms with Gasteiger partial charge in [0.2, 0.25) is 10.0 Å². The maximum Gasteiger partial charge on any atom is 0.214 e. The number of aliphatic hydroxyl groups excluding tert-OH is 1. The minimum atomic E-state index is -3.32. The summed E-state index contributed by atoms with van der Waals surface area (Å²) in [5.74, 6) is -0.793. The van der Waals surface area contributed by atoms with Crippen LogP contribution in [-0.2, 0) is 16.6 Å². The van der Waals surface area contributed by atoms with Gasteiger partial charge < -0.3 is 9.67 Å². The van der Waals surface area contributed by atoms with Crippen LogP contribution in [0.15, 0.2) is 36.4 Å². The van der Waals surface area contributed by atoms with E-state index in [4.69, 9.17) is 0 Å². The molecule has 1 fully saturated rings. The molecule has 1 aliphatic rings. The summed E-state index contributed by atoms with van der Waals surface area (Å²) in [7, 11) is -3.32. The van der Waals surface area contributed by atoms with Gasteiger partial charge in [-0.1, -0.05) is 6.07 Å². The van der Waals surface area contributed by atoms with Crippen LogP contribution in [0.2, 0.25) is 0 Å². The van der Waals surface area contributed by atoms with Gasteiger partial charge in [-0.05, 0) is 36.8 Å². The molecule has 0 amide bonds. The Kier molecular flexibility index (Phi) is 4.21. The molecule has 1 aromatic heterocycles. The van der Waals surface area contributed by atoms with Gasteiger partial charge >= 0.3 is 0 Å². The number of aliphatic hydroxyl groups is 1. The fourth-order valence-electron chi connectivity index (χ4n) is 3.67. The Morgan fingerprint density at radius 3 is 2.65 bits per heavy atom. The SMILES string of the molecule is O=S1(=O)CCCN1CC(O)Cn1c2cc(F)ccc2c2c(F)cccc21. The number of aromatic nitrogens is 1. The Hall–Kier alpha value is -2.03. The lowest BCUT2D eigenvalue weighted by atomic mass is 10.1. The van der Waals surface area contributed by atoms with Crippen LogP contribution < -0.4 is 0 Å². The summed E-state index contributed by atoms with van der Waals surface area (Å²) in [5.41, 5.74) is 1.00. The van der Waals surface area contributed by atoms with Crippen LogP contribution in [-0.4, -0.2) is 47.3 Å². The highest BCUT2D eigenvalue weighted by Gasteiger charge is 2.30. The number of benzene rings is 2. The Balaban J connectivity index is 1.75. The van der Waals surface area contributed by atoms with Crippen molar-refractivity contribution in [3.63, 3.8) is 0 Å². The normalized spacial score (nSPS) is 18.7. The maximum atomic E-state index is 14.3. The lowest BCUT2D eigenvalue weighted by Gasteiger charge is -2.20. The lowest BCUT2D eigenvalue weighted by Crippen LogP contribution is -2.35. The maximum absolute atomic E-state index is 14.3. The first-order chi connectivity index (χ1) is 12.4. The van der Waals surface area contributed by atoms with Gasteiger partial charge in [-0.3, -0.25) is 0 Å². The van der Waals surface area contributed by atoms with Crippen molar-refractivity contribution in [3.05, 3.63) is 48.0 Å². The number of rotatable bonds is 4. The molecule has 3 aromatic rings. The molecule has 1 aliphatic heterocycles. The summed E-state index contributed by atoms with van der Waals surface area (Å²) in [6.07, 6.45) is -0.450. The van der Waals surface area contributed by atoms with E-state index in [0.717, 1.165) is 0 Å². The van der Waals surface area contributed by atoms with E-state index in [1.165, 1.54) is 28.6 Å². The van der Waals surface area contributed by atoms with Crippen molar-refractivity contribution < 1.29 is 22.3 Å². The van der Waals surface area contributed by atoms with Crippen LogP contribution in [0, 0.1) is 11.6 Å². The molecule has 1 atom stereocenters. The van der Waals surface area contributed by atoms with Gasteiger partial charge in [-0.25, -0.2) is 17.2 Å². The number of hydrogen-bond donors (Lipinski definition) is 1. The highest BCUT2D eigenvalue weighted by Crippen LogP contribution is 2.31. The monoisotopic (exact) mass is 380 g/mol. The molecule has 1 unspecified atom stereocenters. The minimum Gasteiger partial charge on any atom is -0.390 e. The lowest BCUT2D eigenvalue weighted by molar-refractivity contribution is 0.133. The first kappa shape index (κ1) is 17.4. The molecule has 138 valence electrons. The minimum absolute atomic E-state index is 0.0336. The Morgan fingerprint density at radius 2 is 1.92 bits per heavy atom. The average Bonchev–Trinajstić information content (AvgIpc) is 3.06. The topological polar surface area (TPSA) is 62.5 Å². The van der Waals surface area contributed by atoms with Crippen LogP contribution in [0.4, 0.5) is 8.78 Å². The summed E-state index contributed by atoms with van der Waals surface area (Å²) >= 11 is 0. The second kappa shape index (κ2) is 6.29. The number of nitrogens with zero attached hydrogens (tertiary/aromatic N) is 2. The quantitative estimate of drug-likeness (QED) is 0.756. The van der Waals surface area contributed by atoms with Crippen molar-refractivity contribution in [2.75, 3.05) is 18.8 Å². The predicted molar refractivity (Wildman–Crippen MR) is 95.3 cm³/mol. The molecule has 4 rings (SSSR count). The first-order valence-corrected chi connectivity index (χ1v) is 9.99. The first-order valence-electron chi connectivity index (χ1n) is 8.39. The summed E-state index contributed by atoms with van der Waals surface area (Å²) in [4.78, 5) is 0. The van der Waals surface area contributed by atoms with Crippen LogP contribution in [0.25, 0.3) is 21.8 Å². The molecule has 8 heteroatoms. The fraction of sp³-hybridized carbons (Fsp3) is 0.333.